The quantitative estimate of drug-likeness (QED) is 0.0925. The molecule has 4 aromatic carbocycles. The maximum absolute atomic E-state index is 9.17. The first kappa shape index (κ1) is 49.5. The summed E-state index contributed by atoms with van der Waals surface area (Å²) in [6, 6.07) is 24.9. The van der Waals surface area contributed by atoms with E-state index in [2.05, 4.69) is 183 Å². The number of hydrogen-bond donors (Lipinski definition) is 0. The minimum absolute atomic E-state index is 0.0804. The Morgan fingerprint density at radius 1 is 0.484 bits per heavy atom. The van der Waals surface area contributed by atoms with Crippen molar-refractivity contribution in [1.29, 1.82) is 0 Å². The van der Waals surface area contributed by atoms with Crippen molar-refractivity contribution in [3.8, 4) is 22.3 Å². The van der Waals surface area contributed by atoms with Crippen LogP contribution in [-0.2, 0) is 15.6 Å². The number of fused-ring (bicyclic) bond motifs is 2. The van der Waals surface area contributed by atoms with Crippen LogP contribution in [0.25, 0.3) is 34.4 Å². The Morgan fingerprint density at radius 3 is 1.06 bits per heavy atom. The fourth-order valence-corrected chi connectivity index (χ4v) is 42.5. The van der Waals surface area contributed by atoms with E-state index in [0.29, 0.717) is 35.5 Å². The summed E-state index contributed by atoms with van der Waals surface area (Å²) >= 11 is -5.08. The van der Waals surface area contributed by atoms with E-state index >= 15 is 0 Å². The van der Waals surface area contributed by atoms with Crippen molar-refractivity contribution < 1.29 is 15.6 Å². The average Bonchev–Trinajstić information content (AvgIpc) is 3.80. The van der Waals surface area contributed by atoms with Crippen LogP contribution < -0.4 is 0 Å². The monoisotopic (exact) mass is 965 g/mol. The summed E-state index contributed by atoms with van der Waals surface area (Å²) in [6.07, 6.45) is 11.9. The first-order valence-electron chi connectivity index (χ1n) is 24.8. The minimum atomic E-state index is -5.08. The molecule has 4 heteroatoms. The number of allylic oxidation sites excluding steroid dienone is 2. The molecule has 2 unspecified atom stereocenters. The van der Waals surface area contributed by atoms with Gasteiger partial charge in [-0.2, -0.15) is 0 Å². The second kappa shape index (κ2) is 19.5. The Kier molecular flexibility index (Phi) is 15.5. The van der Waals surface area contributed by atoms with Gasteiger partial charge in [-0.25, -0.2) is 0 Å². The van der Waals surface area contributed by atoms with Gasteiger partial charge >= 0.3 is 392 Å². The number of benzene rings is 4. The number of unbranched alkanes of at least 4 members (excludes halogenated alkanes) is 2. The van der Waals surface area contributed by atoms with E-state index < -0.39 is 21.5 Å². The van der Waals surface area contributed by atoms with Gasteiger partial charge in [-0.05, 0) is 0 Å². The molecule has 2 aliphatic carbocycles. The molecule has 0 spiro atoms. The molecule has 0 fully saturated rings. The van der Waals surface area contributed by atoms with Gasteiger partial charge in [-0.15, -0.1) is 0 Å². The summed E-state index contributed by atoms with van der Waals surface area (Å²) in [5.74, 6) is 0.788. The van der Waals surface area contributed by atoms with Crippen LogP contribution in [0, 0.1) is 0 Å². The Labute approximate surface area is 388 Å². The number of hydrogen-bond acceptors (Lipinski definition) is 0. The van der Waals surface area contributed by atoms with Crippen molar-refractivity contribution in [2.24, 2.45) is 0 Å². The van der Waals surface area contributed by atoms with E-state index in [4.69, 9.17) is 17.0 Å². The van der Waals surface area contributed by atoms with Crippen LogP contribution in [0.15, 0.2) is 71.8 Å². The molecule has 335 valence electrons. The Morgan fingerprint density at radius 2 is 0.806 bits per heavy atom. The van der Waals surface area contributed by atoms with Crippen LogP contribution in [0.3, 0.4) is 0 Å². The molecule has 0 amide bonds. The van der Waals surface area contributed by atoms with E-state index in [-0.39, 0.29) is 7.25 Å². The molecule has 6 rings (SSSR count). The van der Waals surface area contributed by atoms with Crippen molar-refractivity contribution in [3.05, 3.63) is 127 Å². The third-order valence-corrected chi connectivity index (χ3v) is 66.8. The first-order valence-corrected chi connectivity index (χ1v) is 41.1. The molecule has 0 saturated carbocycles. The van der Waals surface area contributed by atoms with Gasteiger partial charge in [0.15, 0.2) is 0 Å². The topological polar surface area (TPSA) is 0 Å². The van der Waals surface area contributed by atoms with Crippen LogP contribution >= 0.6 is 17.0 Å². The summed E-state index contributed by atoms with van der Waals surface area (Å²) < 4.78 is 0.161. The molecule has 0 aromatic heterocycles. The van der Waals surface area contributed by atoms with E-state index in [1.807, 2.05) is 0 Å². The van der Waals surface area contributed by atoms with Crippen molar-refractivity contribution in [1.82, 2.24) is 0 Å². The molecular weight excluding hydrogens is 887 g/mol. The molecule has 4 aromatic rings. The van der Waals surface area contributed by atoms with E-state index in [1.165, 1.54) is 89.0 Å². The molecule has 0 bridgehead atoms. The molecule has 0 N–H and O–H groups in total. The van der Waals surface area contributed by atoms with Crippen LogP contribution in [-0.4, -0.2) is 5.92 Å². The summed E-state index contributed by atoms with van der Waals surface area (Å²) in [7, 11) is 18.3. The molecule has 0 aliphatic heterocycles. The zero-order valence-electron chi connectivity index (χ0n) is 41.6. The summed E-state index contributed by atoms with van der Waals surface area (Å²) in [4.78, 5) is 0. The van der Waals surface area contributed by atoms with E-state index in [1.54, 1.807) is 0 Å². The molecule has 0 saturated heterocycles. The van der Waals surface area contributed by atoms with Crippen molar-refractivity contribution in [2.75, 3.05) is 0 Å². The van der Waals surface area contributed by atoms with Gasteiger partial charge < -0.3 is 0 Å². The van der Waals surface area contributed by atoms with Crippen LogP contribution in [0.1, 0.15) is 234 Å². The zero-order valence-corrected chi connectivity index (χ0v) is 46.7. The van der Waals surface area contributed by atoms with Gasteiger partial charge in [0.25, 0.3) is 0 Å². The van der Waals surface area contributed by atoms with Crippen molar-refractivity contribution in [2.45, 2.75) is 191 Å². The second-order valence-corrected chi connectivity index (χ2v) is 64.2. The van der Waals surface area contributed by atoms with Crippen molar-refractivity contribution >= 4 is 35.1 Å². The summed E-state index contributed by atoms with van der Waals surface area (Å²) in [5.41, 5.74) is 22.7. The molecule has 2 atom stereocenters. The summed E-state index contributed by atoms with van der Waals surface area (Å²) in [5, 5.41) is 0. The maximum atomic E-state index is 9.17. The Balaban J connectivity index is 1.70. The molecule has 0 nitrogen and oxygen atoms in total. The first-order chi connectivity index (χ1) is 29.1. The summed E-state index contributed by atoms with van der Waals surface area (Å²) in [6.45, 7) is 37.9. The van der Waals surface area contributed by atoms with Gasteiger partial charge in [0.2, 0.25) is 0 Å². The van der Waals surface area contributed by atoms with Gasteiger partial charge in [0.05, 0.1) is 0 Å². The van der Waals surface area contributed by atoms with Crippen LogP contribution in [0.4, 0.5) is 0 Å². The molecule has 0 radical (unpaired) electrons. The predicted octanol–water partition coefficient (Wildman–Crippen LogP) is 19.7. The molecule has 0 heterocycles. The fraction of sp³-hybridized carbons (Fsp3) is 0.517. The Hall–Kier alpha value is -1.96. The van der Waals surface area contributed by atoms with E-state index in [9.17, 15) is 0 Å². The number of halogens is 2. The normalized spacial score (nSPS) is 17.2. The third-order valence-electron chi connectivity index (χ3n) is 14.9. The van der Waals surface area contributed by atoms with Crippen LogP contribution in [0.5, 0.6) is 0 Å². The fourth-order valence-electron chi connectivity index (χ4n) is 11.0. The molecular formula is C58H81Cl2SiZr. The standard InChI is InChI=1S/2C28H37.C2H7Si.2ClH.Zr/c2*1-8-9-10-21-13-22-11-12-26(20(6)7)28(27(22)14-21)25-16-23(18(2)3)15-24(17-25)19(4)5;1-3-2;;;/h2*11-20H,8-10H2,1-7H3;3H,1-2H3;2*1H;/q;;;;;+2/p-2. The predicted molar refractivity (Wildman–Crippen MR) is 279 cm³/mol. The SMILES string of the molecule is CCCCC1=Cc2c(ccc(C(C)C)c2-c2cc(C(C)C)cc(C(C)C)c2)[CH]1[Zr]([Cl])([Cl])([CH]1C(CCCC)=Cc2c1ccc(C(C)C)c2-c1cc(C(C)C)cc(C(C)C)c1)[SiH](C)C. The van der Waals surface area contributed by atoms with Gasteiger partial charge in [-0.1, -0.05) is 0 Å². The second-order valence-electron chi connectivity index (χ2n) is 21.7. The molecule has 2 aliphatic rings. The van der Waals surface area contributed by atoms with E-state index in [0.717, 1.165) is 38.5 Å². The third kappa shape index (κ3) is 9.10. The van der Waals surface area contributed by atoms with Crippen LogP contribution in [0.2, 0.25) is 13.1 Å². The average molecular weight is 969 g/mol. The number of rotatable bonds is 17. The molecule has 62 heavy (non-hydrogen) atoms. The Bertz CT molecular complexity index is 2120. The van der Waals surface area contributed by atoms with Gasteiger partial charge in [0.1, 0.15) is 0 Å². The van der Waals surface area contributed by atoms with Gasteiger partial charge in [-0.3, -0.25) is 0 Å². The van der Waals surface area contributed by atoms with Gasteiger partial charge in [0, 0.05) is 0 Å². The zero-order chi connectivity index (χ0) is 45.6. The van der Waals surface area contributed by atoms with Crippen molar-refractivity contribution in [3.63, 3.8) is 0 Å².